The third-order valence-corrected chi connectivity index (χ3v) is 3.95. The summed E-state index contributed by atoms with van der Waals surface area (Å²) in [5.74, 6) is 0.0803. The van der Waals surface area contributed by atoms with Crippen LogP contribution in [0.25, 0.3) is 0 Å². The number of carbonyl (C=O) groups is 2. The molecule has 2 rings (SSSR count). The number of amides is 2. The van der Waals surface area contributed by atoms with Crippen molar-refractivity contribution in [3.8, 4) is 0 Å². The van der Waals surface area contributed by atoms with E-state index in [1.807, 2.05) is 74.5 Å². The topological polar surface area (TPSA) is 58.2 Å². The molecule has 0 unspecified atom stereocenters. The largest absolute Gasteiger partial charge is 0.354 e. The zero-order valence-corrected chi connectivity index (χ0v) is 14.9. The average molecular weight is 338 g/mol. The fourth-order valence-corrected chi connectivity index (χ4v) is 2.62. The molecule has 2 amide bonds. The highest BCUT2D eigenvalue weighted by Gasteiger charge is 2.18. The molecule has 0 aliphatic carbocycles. The first-order valence-corrected chi connectivity index (χ1v) is 8.69. The number of hydrogen-bond acceptors (Lipinski definition) is 2. The van der Waals surface area contributed by atoms with Gasteiger partial charge in [0.15, 0.2) is 0 Å². The molecule has 0 aliphatic rings. The summed E-state index contributed by atoms with van der Waals surface area (Å²) < 4.78 is 0. The molecule has 0 fully saturated rings. The third-order valence-electron chi connectivity index (χ3n) is 3.95. The SMILES string of the molecule is CC(C)CNC(=O)CNC(=O)CC(c1ccccc1)c1ccccc1. The van der Waals surface area contributed by atoms with Gasteiger partial charge in [-0.25, -0.2) is 0 Å². The number of rotatable bonds is 8. The van der Waals surface area contributed by atoms with Gasteiger partial charge >= 0.3 is 0 Å². The number of benzene rings is 2. The van der Waals surface area contributed by atoms with Crippen molar-refractivity contribution in [2.75, 3.05) is 13.1 Å². The quantitative estimate of drug-likeness (QED) is 0.777. The molecule has 0 heterocycles. The predicted molar refractivity (Wildman–Crippen MR) is 100 cm³/mol. The molecule has 4 heteroatoms. The van der Waals surface area contributed by atoms with Gasteiger partial charge in [0.1, 0.15) is 0 Å². The summed E-state index contributed by atoms with van der Waals surface area (Å²) in [6.45, 7) is 4.69. The number of nitrogens with one attached hydrogen (secondary N) is 2. The molecule has 2 aromatic carbocycles. The van der Waals surface area contributed by atoms with Gasteiger partial charge in [-0.1, -0.05) is 74.5 Å². The molecule has 25 heavy (non-hydrogen) atoms. The van der Waals surface area contributed by atoms with Crippen LogP contribution in [0.1, 0.15) is 37.3 Å². The molecule has 2 N–H and O–H groups in total. The highest BCUT2D eigenvalue weighted by molar-refractivity contribution is 5.85. The Kier molecular flexibility index (Phi) is 7.20. The minimum Gasteiger partial charge on any atom is -0.354 e. The summed E-state index contributed by atoms with van der Waals surface area (Å²) in [5.41, 5.74) is 2.18. The smallest absolute Gasteiger partial charge is 0.239 e. The standard InChI is InChI=1S/C21H26N2O2/c1-16(2)14-22-21(25)15-23-20(24)13-19(17-9-5-3-6-10-17)18-11-7-4-8-12-18/h3-12,16,19H,13-15H2,1-2H3,(H,22,25)(H,23,24). The zero-order chi connectivity index (χ0) is 18.1. The van der Waals surface area contributed by atoms with E-state index >= 15 is 0 Å². The molecule has 0 saturated heterocycles. The first-order valence-electron chi connectivity index (χ1n) is 8.69. The van der Waals surface area contributed by atoms with Crippen LogP contribution in [0.5, 0.6) is 0 Å². The number of carbonyl (C=O) groups excluding carboxylic acids is 2. The maximum absolute atomic E-state index is 12.4. The molecule has 4 nitrogen and oxygen atoms in total. The summed E-state index contributed by atoms with van der Waals surface area (Å²) in [6.07, 6.45) is 0.311. The maximum atomic E-state index is 12.4. The van der Waals surface area contributed by atoms with Gasteiger partial charge in [-0.3, -0.25) is 9.59 Å². The fourth-order valence-electron chi connectivity index (χ4n) is 2.62. The second kappa shape index (κ2) is 9.62. The van der Waals surface area contributed by atoms with E-state index in [-0.39, 0.29) is 24.3 Å². The molecule has 0 aromatic heterocycles. The Balaban J connectivity index is 1.98. The van der Waals surface area contributed by atoms with Crippen LogP contribution < -0.4 is 10.6 Å². The van der Waals surface area contributed by atoms with Crippen molar-refractivity contribution in [1.29, 1.82) is 0 Å². The summed E-state index contributed by atoms with van der Waals surface area (Å²) in [7, 11) is 0. The molecule has 2 aromatic rings. The van der Waals surface area contributed by atoms with Crippen molar-refractivity contribution in [1.82, 2.24) is 10.6 Å². The zero-order valence-electron chi connectivity index (χ0n) is 14.9. The van der Waals surface area contributed by atoms with E-state index in [0.29, 0.717) is 18.9 Å². The fraction of sp³-hybridized carbons (Fsp3) is 0.333. The lowest BCUT2D eigenvalue weighted by molar-refractivity contribution is -0.126. The Labute approximate surface area is 149 Å². The van der Waals surface area contributed by atoms with Crippen LogP contribution in [-0.2, 0) is 9.59 Å². The molecule has 0 radical (unpaired) electrons. The Bertz CT molecular complexity index is 629. The van der Waals surface area contributed by atoms with E-state index in [1.54, 1.807) is 0 Å². The Hall–Kier alpha value is -2.62. The minimum absolute atomic E-state index is 0.0157. The molecule has 132 valence electrons. The van der Waals surface area contributed by atoms with Crippen LogP contribution in [0.4, 0.5) is 0 Å². The van der Waals surface area contributed by atoms with E-state index in [2.05, 4.69) is 10.6 Å². The van der Waals surface area contributed by atoms with E-state index in [0.717, 1.165) is 11.1 Å². The van der Waals surface area contributed by atoms with Crippen LogP contribution in [0, 0.1) is 5.92 Å². The van der Waals surface area contributed by atoms with Gasteiger partial charge in [-0.05, 0) is 17.0 Å². The summed E-state index contributed by atoms with van der Waals surface area (Å²) in [5, 5.41) is 5.53. The molecule has 0 bridgehead atoms. The number of hydrogen-bond donors (Lipinski definition) is 2. The monoisotopic (exact) mass is 338 g/mol. The van der Waals surface area contributed by atoms with E-state index in [9.17, 15) is 9.59 Å². The molecule has 0 atom stereocenters. The molecular weight excluding hydrogens is 312 g/mol. The van der Waals surface area contributed by atoms with Crippen LogP contribution in [0.2, 0.25) is 0 Å². The molecular formula is C21H26N2O2. The molecule has 0 spiro atoms. The summed E-state index contributed by atoms with van der Waals surface area (Å²) in [6, 6.07) is 19.9. The third kappa shape index (κ3) is 6.42. The van der Waals surface area contributed by atoms with Gasteiger partial charge in [0.2, 0.25) is 11.8 Å². The second-order valence-corrected chi connectivity index (χ2v) is 6.55. The molecule has 0 aliphatic heterocycles. The van der Waals surface area contributed by atoms with Crippen molar-refractivity contribution >= 4 is 11.8 Å². The van der Waals surface area contributed by atoms with Crippen molar-refractivity contribution in [3.63, 3.8) is 0 Å². The van der Waals surface area contributed by atoms with Crippen molar-refractivity contribution in [3.05, 3.63) is 71.8 Å². The van der Waals surface area contributed by atoms with E-state index in [1.165, 1.54) is 0 Å². The minimum atomic E-state index is -0.155. The highest BCUT2D eigenvalue weighted by Crippen LogP contribution is 2.27. The van der Waals surface area contributed by atoms with Crippen LogP contribution >= 0.6 is 0 Å². The van der Waals surface area contributed by atoms with Gasteiger partial charge in [0.25, 0.3) is 0 Å². The highest BCUT2D eigenvalue weighted by atomic mass is 16.2. The van der Waals surface area contributed by atoms with E-state index in [4.69, 9.17) is 0 Å². The lowest BCUT2D eigenvalue weighted by Gasteiger charge is -2.18. The van der Waals surface area contributed by atoms with Gasteiger partial charge in [-0.2, -0.15) is 0 Å². The lowest BCUT2D eigenvalue weighted by Crippen LogP contribution is -2.38. The summed E-state index contributed by atoms with van der Waals surface area (Å²) in [4.78, 5) is 24.1. The van der Waals surface area contributed by atoms with Crippen LogP contribution in [0.3, 0.4) is 0 Å². The average Bonchev–Trinajstić information content (AvgIpc) is 2.64. The maximum Gasteiger partial charge on any atom is 0.239 e. The van der Waals surface area contributed by atoms with Crippen LogP contribution in [0.15, 0.2) is 60.7 Å². The van der Waals surface area contributed by atoms with Gasteiger partial charge < -0.3 is 10.6 Å². The lowest BCUT2D eigenvalue weighted by atomic mass is 9.88. The van der Waals surface area contributed by atoms with Gasteiger partial charge in [0, 0.05) is 18.9 Å². The first kappa shape index (κ1) is 18.7. The predicted octanol–water partition coefficient (Wildman–Crippen LogP) is 3.10. The van der Waals surface area contributed by atoms with Crippen molar-refractivity contribution in [2.24, 2.45) is 5.92 Å². The van der Waals surface area contributed by atoms with Gasteiger partial charge in [-0.15, -0.1) is 0 Å². The normalized spacial score (nSPS) is 10.7. The van der Waals surface area contributed by atoms with E-state index < -0.39 is 0 Å². The molecule has 0 saturated carbocycles. The van der Waals surface area contributed by atoms with Crippen molar-refractivity contribution in [2.45, 2.75) is 26.2 Å². The first-order chi connectivity index (χ1) is 12.1. The Morgan fingerprint density at radius 2 is 1.32 bits per heavy atom. The summed E-state index contributed by atoms with van der Waals surface area (Å²) >= 11 is 0. The second-order valence-electron chi connectivity index (χ2n) is 6.55. The Morgan fingerprint density at radius 1 is 0.800 bits per heavy atom. The van der Waals surface area contributed by atoms with Crippen LogP contribution in [-0.4, -0.2) is 24.9 Å². The van der Waals surface area contributed by atoms with Gasteiger partial charge in [0.05, 0.1) is 6.54 Å². The van der Waals surface area contributed by atoms with Crippen molar-refractivity contribution < 1.29 is 9.59 Å². The Morgan fingerprint density at radius 3 is 1.80 bits per heavy atom.